The number of rotatable bonds is 10. The van der Waals surface area contributed by atoms with E-state index in [0.717, 1.165) is 11.6 Å². The molecule has 2 amide bonds. The molecule has 0 aromatic heterocycles. The maximum absolute atomic E-state index is 15.6. The Kier molecular flexibility index (Phi) is 10.5. The summed E-state index contributed by atoms with van der Waals surface area (Å²) in [6.07, 6.45) is 0.425. The molecule has 230 valence electrons. The van der Waals surface area contributed by atoms with Gasteiger partial charge in [-0.05, 0) is 81.1 Å². The van der Waals surface area contributed by atoms with E-state index in [9.17, 15) is 19.1 Å². The van der Waals surface area contributed by atoms with Gasteiger partial charge in [0.1, 0.15) is 17.5 Å². The van der Waals surface area contributed by atoms with Gasteiger partial charge in [0.25, 0.3) is 5.91 Å². The summed E-state index contributed by atoms with van der Waals surface area (Å²) in [4.78, 5) is 26.8. The molecule has 43 heavy (non-hydrogen) atoms. The minimum Gasteiger partial charge on any atom is -0.450 e. The lowest BCUT2D eigenvalue weighted by Gasteiger charge is -2.43. The normalized spacial score (nSPS) is 16.4. The number of nitrogens with zero attached hydrogens (tertiary/aromatic N) is 1. The van der Waals surface area contributed by atoms with Crippen molar-refractivity contribution in [3.8, 4) is 11.1 Å². The molecule has 2 atom stereocenters. The lowest BCUT2D eigenvalue weighted by atomic mass is 9.72. The van der Waals surface area contributed by atoms with Gasteiger partial charge in [0.2, 0.25) is 0 Å². The molecule has 0 bridgehead atoms. The fraction of sp³-hybridized carbons (Fsp3) is 0.394. The molecule has 3 aromatic carbocycles. The Morgan fingerprint density at radius 1 is 1.05 bits per heavy atom. The molecule has 3 aromatic rings. The maximum atomic E-state index is 15.6. The highest BCUT2D eigenvalue weighted by Gasteiger charge is 2.44. The zero-order valence-corrected chi connectivity index (χ0v) is 24.7. The molecule has 3 N–H and O–H groups in total. The van der Waals surface area contributed by atoms with E-state index in [4.69, 9.17) is 4.74 Å². The fourth-order valence-electron chi connectivity index (χ4n) is 5.86. The highest BCUT2D eigenvalue weighted by Crippen LogP contribution is 2.45. The third kappa shape index (κ3) is 7.37. The molecule has 1 aliphatic rings. The van der Waals surface area contributed by atoms with Crippen LogP contribution in [-0.2, 0) is 16.9 Å². The molecule has 0 saturated carbocycles. The summed E-state index contributed by atoms with van der Waals surface area (Å²) in [5.74, 6) is -3.52. The highest BCUT2D eigenvalue weighted by molar-refractivity contribution is 5.94. The molecule has 1 unspecified atom stereocenters. The summed E-state index contributed by atoms with van der Waals surface area (Å²) in [5, 5.41) is 17.9. The molecule has 1 fully saturated rings. The first-order valence-corrected chi connectivity index (χ1v) is 14.4. The standard InChI is InChI=1S/C33H38F3N3O4/c1-21-7-12-28(35)26(16-21)30-27(17-25(34)18-29(30)36)33(42,13-5-15-43-32(41)38-3)24-6-4-14-39(20-24)31(40)23-10-8-22(9-11-23)19-37-2/h7-12,16-18,24,37,42H,4-6,13-15,19-20H2,1-3H3,(H,38,41)/t24-,33?/m1/s1. The predicted octanol–water partition coefficient (Wildman–Crippen LogP) is 5.67. The summed E-state index contributed by atoms with van der Waals surface area (Å²) < 4.78 is 50.7. The Balaban J connectivity index is 1.74. The van der Waals surface area contributed by atoms with E-state index in [1.165, 1.54) is 25.2 Å². The summed E-state index contributed by atoms with van der Waals surface area (Å²) in [6.45, 7) is 2.87. The summed E-state index contributed by atoms with van der Waals surface area (Å²) >= 11 is 0. The van der Waals surface area contributed by atoms with Crippen molar-refractivity contribution >= 4 is 12.0 Å². The zero-order chi connectivity index (χ0) is 31.1. The number of carbonyl (C=O) groups excluding carboxylic acids is 2. The van der Waals surface area contributed by atoms with Crippen molar-refractivity contribution in [3.05, 3.63) is 94.3 Å². The Morgan fingerprint density at radius 3 is 2.49 bits per heavy atom. The Morgan fingerprint density at radius 2 is 1.79 bits per heavy atom. The Hall–Kier alpha value is -3.89. The van der Waals surface area contributed by atoms with Crippen LogP contribution >= 0.6 is 0 Å². The monoisotopic (exact) mass is 597 g/mol. The second-order valence-electron chi connectivity index (χ2n) is 11.0. The van der Waals surface area contributed by atoms with Crippen LogP contribution in [-0.4, -0.2) is 55.8 Å². The van der Waals surface area contributed by atoms with Gasteiger partial charge in [-0.15, -0.1) is 0 Å². The smallest absolute Gasteiger partial charge is 0.406 e. The van der Waals surface area contributed by atoms with Gasteiger partial charge in [-0.25, -0.2) is 18.0 Å². The van der Waals surface area contributed by atoms with Crippen molar-refractivity contribution in [2.45, 2.75) is 44.8 Å². The van der Waals surface area contributed by atoms with Gasteiger partial charge in [0.15, 0.2) is 0 Å². The van der Waals surface area contributed by atoms with Gasteiger partial charge in [-0.3, -0.25) is 4.79 Å². The van der Waals surface area contributed by atoms with Crippen molar-refractivity contribution in [1.82, 2.24) is 15.5 Å². The maximum Gasteiger partial charge on any atom is 0.406 e. The molecule has 1 heterocycles. The number of nitrogens with one attached hydrogen (secondary N) is 2. The first-order valence-electron chi connectivity index (χ1n) is 14.4. The number of hydrogen-bond donors (Lipinski definition) is 3. The second kappa shape index (κ2) is 14.1. The van der Waals surface area contributed by atoms with E-state index in [1.54, 1.807) is 24.0 Å². The molecule has 0 radical (unpaired) electrons. The van der Waals surface area contributed by atoms with E-state index in [1.807, 2.05) is 19.2 Å². The molecule has 10 heteroatoms. The van der Waals surface area contributed by atoms with Gasteiger partial charge in [0, 0.05) is 55.4 Å². The van der Waals surface area contributed by atoms with Crippen molar-refractivity contribution in [2.24, 2.45) is 5.92 Å². The molecule has 4 rings (SSSR count). The number of hydrogen-bond acceptors (Lipinski definition) is 5. The molecule has 7 nitrogen and oxygen atoms in total. The van der Waals surface area contributed by atoms with Crippen LogP contribution < -0.4 is 10.6 Å². The van der Waals surface area contributed by atoms with Gasteiger partial charge < -0.3 is 25.4 Å². The number of amides is 2. The minimum absolute atomic E-state index is 0.0568. The zero-order valence-electron chi connectivity index (χ0n) is 24.7. The van der Waals surface area contributed by atoms with Crippen molar-refractivity contribution < 1.29 is 32.6 Å². The average Bonchev–Trinajstić information content (AvgIpc) is 3.00. The van der Waals surface area contributed by atoms with Crippen LogP contribution in [0.5, 0.6) is 0 Å². The third-order valence-corrected chi connectivity index (χ3v) is 8.02. The minimum atomic E-state index is -1.89. The quantitative estimate of drug-likeness (QED) is 0.262. The highest BCUT2D eigenvalue weighted by atomic mass is 19.1. The first kappa shape index (κ1) is 32.0. The number of benzene rings is 3. The molecular weight excluding hydrogens is 559 g/mol. The SMILES string of the molecule is CNCc1ccc(C(=O)N2CCC[C@@H](C(O)(CCCOC(=O)NC)c3cc(F)cc(F)c3-c3cc(C)ccc3F)C2)cc1. The first-order chi connectivity index (χ1) is 20.6. The van der Waals surface area contributed by atoms with E-state index in [0.29, 0.717) is 43.1 Å². The molecular formula is C33H38F3N3O4. The molecule has 0 aliphatic carbocycles. The number of halogens is 3. The number of aliphatic hydroxyl groups is 1. The lowest BCUT2D eigenvalue weighted by molar-refractivity contribution is -0.0592. The van der Waals surface area contributed by atoms with Gasteiger partial charge in [-0.1, -0.05) is 23.8 Å². The summed E-state index contributed by atoms with van der Waals surface area (Å²) in [7, 11) is 3.25. The topological polar surface area (TPSA) is 90.9 Å². The third-order valence-electron chi connectivity index (χ3n) is 8.02. The van der Waals surface area contributed by atoms with E-state index in [-0.39, 0.29) is 48.6 Å². The van der Waals surface area contributed by atoms with E-state index < -0.39 is 35.1 Å². The van der Waals surface area contributed by atoms with Crippen LogP contribution in [0.15, 0.2) is 54.6 Å². The largest absolute Gasteiger partial charge is 0.450 e. The molecule has 1 aliphatic heterocycles. The molecule has 1 saturated heterocycles. The van der Waals surface area contributed by atoms with Gasteiger partial charge in [-0.2, -0.15) is 0 Å². The van der Waals surface area contributed by atoms with Crippen LogP contribution in [0.3, 0.4) is 0 Å². The average molecular weight is 598 g/mol. The predicted molar refractivity (Wildman–Crippen MR) is 158 cm³/mol. The van der Waals surface area contributed by atoms with Crippen molar-refractivity contribution in [2.75, 3.05) is 33.8 Å². The van der Waals surface area contributed by atoms with Crippen LogP contribution in [0.4, 0.5) is 18.0 Å². The summed E-state index contributed by atoms with van der Waals surface area (Å²) in [5.41, 5.74) is -0.168. The number of carbonyl (C=O) groups is 2. The Labute approximate surface area is 250 Å². The van der Waals surface area contributed by atoms with Gasteiger partial charge >= 0.3 is 6.09 Å². The second-order valence-corrected chi connectivity index (χ2v) is 11.0. The number of aryl methyl sites for hydroxylation is 1. The molecule has 0 spiro atoms. The Bertz CT molecular complexity index is 1450. The van der Waals surface area contributed by atoms with Crippen molar-refractivity contribution in [1.29, 1.82) is 0 Å². The number of ether oxygens (including phenoxy) is 1. The van der Waals surface area contributed by atoms with Crippen molar-refractivity contribution in [3.63, 3.8) is 0 Å². The van der Waals surface area contributed by atoms with Crippen LogP contribution in [0, 0.1) is 30.3 Å². The van der Waals surface area contributed by atoms with E-state index >= 15 is 8.78 Å². The summed E-state index contributed by atoms with van der Waals surface area (Å²) in [6, 6.07) is 13.2. The number of alkyl carbamates (subject to hydrolysis) is 1. The fourth-order valence-corrected chi connectivity index (χ4v) is 5.86. The van der Waals surface area contributed by atoms with Crippen LogP contribution in [0.2, 0.25) is 0 Å². The van der Waals surface area contributed by atoms with Crippen LogP contribution in [0.1, 0.15) is 52.7 Å². The number of piperidine rings is 1. The van der Waals surface area contributed by atoms with Crippen LogP contribution in [0.25, 0.3) is 11.1 Å². The number of likely N-dealkylation sites (tertiary alicyclic amines) is 1. The van der Waals surface area contributed by atoms with Gasteiger partial charge in [0.05, 0.1) is 12.2 Å². The van der Waals surface area contributed by atoms with E-state index in [2.05, 4.69) is 10.6 Å². The lowest BCUT2D eigenvalue weighted by Crippen LogP contribution is -2.48.